The second-order valence-electron chi connectivity index (χ2n) is 11.2. The minimum Gasteiger partial charge on any atom is -0.338 e. The van der Waals surface area contributed by atoms with E-state index in [1.54, 1.807) is 35.9 Å². The highest BCUT2D eigenvalue weighted by molar-refractivity contribution is 5.89. The molecule has 1 saturated heterocycles. The van der Waals surface area contributed by atoms with Gasteiger partial charge in [-0.05, 0) is 76.3 Å². The molecule has 2 aliphatic rings. The topological polar surface area (TPSA) is 152 Å². The summed E-state index contributed by atoms with van der Waals surface area (Å²) in [6.07, 6.45) is 4.70. The maximum atomic E-state index is 12.7. The molecule has 1 aromatic heterocycles. The fourth-order valence-electron chi connectivity index (χ4n) is 4.92. The number of hydrogen-bond acceptors (Lipinski definition) is 7. The van der Waals surface area contributed by atoms with E-state index >= 15 is 0 Å². The van der Waals surface area contributed by atoms with Crippen LogP contribution in [0.4, 0.5) is 10.6 Å². The van der Waals surface area contributed by atoms with E-state index in [0.717, 1.165) is 25.8 Å². The first kappa shape index (κ1) is 30.6. The van der Waals surface area contributed by atoms with Gasteiger partial charge in [0, 0.05) is 44.5 Å². The molecule has 1 unspecified atom stereocenters. The van der Waals surface area contributed by atoms with Crippen molar-refractivity contribution in [1.82, 2.24) is 24.7 Å². The summed E-state index contributed by atoms with van der Waals surface area (Å²) < 4.78 is 1.44. The predicted octanol–water partition coefficient (Wildman–Crippen LogP) is 1.33. The van der Waals surface area contributed by atoms with Crippen LogP contribution in [-0.4, -0.2) is 81.6 Å². The van der Waals surface area contributed by atoms with E-state index in [4.69, 9.17) is 11.5 Å². The Morgan fingerprint density at radius 2 is 1.69 bits per heavy atom. The van der Waals surface area contributed by atoms with Gasteiger partial charge in [-0.3, -0.25) is 14.7 Å². The van der Waals surface area contributed by atoms with Gasteiger partial charge in [0.15, 0.2) is 0 Å². The monoisotopic (exact) mass is 560 g/mol. The van der Waals surface area contributed by atoms with Gasteiger partial charge in [-0.25, -0.2) is 9.59 Å². The number of benzene rings is 1. The van der Waals surface area contributed by atoms with Crippen molar-refractivity contribution in [2.75, 3.05) is 38.0 Å². The average Bonchev–Trinajstić information content (AvgIpc) is 2.86. The summed E-state index contributed by atoms with van der Waals surface area (Å²) in [5.41, 5.74) is 12.2. The number of halogens is 1. The van der Waals surface area contributed by atoms with Crippen molar-refractivity contribution in [3.05, 3.63) is 52.6 Å². The quantitative estimate of drug-likeness (QED) is 0.380. The van der Waals surface area contributed by atoms with E-state index in [2.05, 4.69) is 22.5 Å². The summed E-state index contributed by atoms with van der Waals surface area (Å²) in [4.78, 5) is 45.0. The Bertz CT molecular complexity index is 1180. The third kappa shape index (κ3) is 8.01. The van der Waals surface area contributed by atoms with Crippen LogP contribution in [0, 0.1) is 5.92 Å². The summed E-state index contributed by atoms with van der Waals surface area (Å²) >= 11 is 0. The van der Waals surface area contributed by atoms with Crippen molar-refractivity contribution in [1.29, 1.82) is 0 Å². The highest BCUT2D eigenvalue weighted by Crippen LogP contribution is 2.24. The predicted molar refractivity (Wildman–Crippen MR) is 154 cm³/mol. The lowest BCUT2D eigenvalue weighted by Crippen LogP contribution is -2.58. The largest absolute Gasteiger partial charge is 0.354 e. The van der Waals surface area contributed by atoms with Crippen LogP contribution < -0.4 is 27.8 Å². The molecule has 1 aliphatic carbocycles. The molecular formula is C27H41ClN8O3. The van der Waals surface area contributed by atoms with Gasteiger partial charge in [-0.15, -0.1) is 12.4 Å². The summed E-state index contributed by atoms with van der Waals surface area (Å²) in [5.74, 6) is 0.727. The number of rotatable bonds is 8. The highest BCUT2D eigenvalue weighted by Gasteiger charge is 2.31. The van der Waals surface area contributed by atoms with Gasteiger partial charge in [-0.2, -0.15) is 4.98 Å². The first-order valence-electron chi connectivity index (χ1n) is 13.3. The van der Waals surface area contributed by atoms with Crippen LogP contribution in [0.5, 0.6) is 0 Å². The maximum absolute atomic E-state index is 12.7. The Morgan fingerprint density at radius 1 is 1.08 bits per heavy atom. The number of piperazine rings is 1. The smallest absolute Gasteiger partial charge is 0.338 e. The number of aromatic nitrogens is 2. The van der Waals surface area contributed by atoms with Gasteiger partial charge in [0.1, 0.15) is 5.82 Å². The van der Waals surface area contributed by atoms with Crippen molar-refractivity contribution < 1.29 is 9.59 Å². The second kappa shape index (κ2) is 12.9. The molecule has 2 heterocycles. The highest BCUT2D eigenvalue weighted by atomic mass is 35.5. The number of anilines is 1. The standard InChI is InChI=1S/C27H40N8O3.ClH/c1-18(30-17-20-15-21(28)16-20)14-19-4-6-22(7-5-19)35-9-8-23(32-26(35)38)31-25(37)34-12-10-33(11-13-34)24(36)27(2,3)29;/h4-9,18,20-21,30H,10-17,28-29H2,1-3H3,(H,31,32,37,38);1H/t18?,20-,21-;. The Labute approximate surface area is 235 Å². The first-order valence-corrected chi connectivity index (χ1v) is 13.3. The molecule has 2 aromatic rings. The fourth-order valence-corrected chi connectivity index (χ4v) is 4.92. The number of nitrogens with zero attached hydrogens (tertiary/aromatic N) is 4. The summed E-state index contributed by atoms with van der Waals surface area (Å²) in [6.45, 7) is 8.07. The minimum absolute atomic E-state index is 0. The van der Waals surface area contributed by atoms with Gasteiger partial charge in [0.2, 0.25) is 5.91 Å². The van der Waals surface area contributed by atoms with Crippen LogP contribution in [0.15, 0.2) is 41.3 Å². The molecular weight excluding hydrogens is 520 g/mol. The molecule has 0 spiro atoms. The van der Waals surface area contributed by atoms with Crippen molar-refractivity contribution in [3.8, 4) is 5.69 Å². The van der Waals surface area contributed by atoms with E-state index in [1.807, 2.05) is 24.3 Å². The minimum atomic E-state index is -0.946. The molecule has 39 heavy (non-hydrogen) atoms. The molecule has 214 valence electrons. The van der Waals surface area contributed by atoms with Crippen molar-refractivity contribution in [2.24, 2.45) is 17.4 Å². The zero-order valence-electron chi connectivity index (χ0n) is 22.9. The first-order chi connectivity index (χ1) is 18.0. The van der Waals surface area contributed by atoms with Crippen molar-refractivity contribution in [2.45, 2.75) is 57.7 Å². The number of nitrogens with one attached hydrogen (secondary N) is 2. The lowest BCUT2D eigenvalue weighted by Gasteiger charge is -2.37. The van der Waals surface area contributed by atoms with E-state index < -0.39 is 11.2 Å². The van der Waals surface area contributed by atoms with Crippen LogP contribution in [-0.2, 0) is 11.2 Å². The molecule has 1 atom stereocenters. The zero-order valence-corrected chi connectivity index (χ0v) is 23.7. The lowest BCUT2D eigenvalue weighted by molar-refractivity contribution is -0.137. The molecule has 0 radical (unpaired) electrons. The molecule has 1 aromatic carbocycles. The molecule has 1 aliphatic heterocycles. The molecule has 4 rings (SSSR count). The number of amides is 3. The van der Waals surface area contributed by atoms with Gasteiger partial charge < -0.3 is 26.6 Å². The average molecular weight is 561 g/mol. The SMILES string of the molecule is CC(Cc1ccc(-n2ccc(NC(=O)N3CCN(C(=O)C(C)(C)N)CC3)nc2=O)cc1)NC[C@H]1C[C@H](N)C1.Cl. The van der Waals surface area contributed by atoms with E-state index in [0.29, 0.717) is 49.9 Å². The Hall–Kier alpha value is -2.99. The van der Waals surface area contributed by atoms with Crippen molar-refractivity contribution in [3.63, 3.8) is 0 Å². The fraction of sp³-hybridized carbons (Fsp3) is 0.556. The molecule has 6 N–H and O–H groups in total. The zero-order chi connectivity index (χ0) is 27.4. The van der Waals surface area contributed by atoms with Gasteiger partial charge in [0.05, 0.1) is 11.2 Å². The van der Waals surface area contributed by atoms with E-state index in [-0.39, 0.29) is 30.2 Å². The van der Waals surface area contributed by atoms with Gasteiger partial charge in [0.25, 0.3) is 0 Å². The van der Waals surface area contributed by atoms with Gasteiger partial charge in [-0.1, -0.05) is 12.1 Å². The maximum Gasteiger partial charge on any atom is 0.354 e. The number of hydrogen-bond donors (Lipinski definition) is 4. The molecule has 3 amide bonds. The summed E-state index contributed by atoms with van der Waals surface area (Å²) in [5, 5.41) is 6.27. The molecule has 2 fully saturated rings. The molecule has 0 bridgehead atoms. The third-order valence-corrected chi connectivity index (χ3v) is 7.23. The van der Waals surface area contributed by atoms with Crippen LogP contribution in [0.1, 0.15) is 39.2 Å². The lowest BCUT2D eigenvalue weighted by atomic mass is 9.81. The Balaban J connectivity index is 0.00000420. The molecule has 11 nitrogen and oxygen atoms in total. The Morgan fingerprint density at radius 3 is 2.26 bits per heavy atom. The second-order valence-corrected chi connectivity index (χ2v) is 11.2. The summed E-state index contributed by atoms with van der Waals surface area (Å²) in [6, 6.07) is 9.80. The number of carbonyl (C=O) groups is 2. The van der Waals surface area contributed by atoms with E-state index in [9.17, 15) is 14.4 Å². The van der Waals surface area contributed by atoms with Gasteiger partial charge >= 0.3 is 11.7 Å². The Kier molecular flexibility index (Phi) is 10.1. The number of carbonyl (C=O) groups excluding carboxylic acids is 2. The molecule has 12 heteroatoms. The van der Waals surface area contributed by atoms with Crippen LogP contribution in [0.25, 0.3) is 5.69 Å². The van der Waals surface area contributed by atoms with Crippen molar-refractivity contribution >= 4 is 30.2 Å². The van der Waals surface area contributed by atoms with E-state index in [1.165, 1.54) is 10.1 Å². The normalized spacial score (nSPS) is 20.0. The van der Waals surface area contributed by atoms with Crippen LogP contribution >= 0.6 is 12.4 Å². The summed E-state index contributed by atoms with van der Waals surface area (Å²) in [7, 11) is 0. The number of urea groups is 1. The van der Waals surface area contributed by atoms with Crippen LogP contribution in [0.2, 0.25) is 0 Å². The third-order valence-electron chi connectivity index (χ3n) is 7.23. The number of nitrogens with two attached hydrogens (primary N) is 2. The molecule has 1 saturated carbocycles. The van der Waals surface area contributed by atoms with Crippen LogP contribution in [0.3, 0.4) is 0 Å².